The molecule has 144 valence electrons. The van der Waals surface area contributed by atoms with E-state index in [1.165, 1.54) is 5.56 Å². The van der Waals surface area contributed by atoms with Crippen molar-refractivity contribution in [2.75, 3.05) is 26.4 Å². The van der Waals surface area contributed by atoms with Gasteiger partial charge in [0.15, 0.2) is 13.2 Å². The number of para-hydroxylation sites is 1. The number of amides is 1. The molecular formula is C21H25NO5. The summed E-state index contributed by atoms with van der Waals surface area (Å²) < 4.78 is 15.7. The van der Waals surface area contributed by atoms with Crippen LogP contribution in [0.5, 0.6) is 11.5 Å². The standard InChI is InChI=1S/C21H25NO5/c1-16(2)17-8-10-19(11-9-17)26-15-21(24)27-14-20(23)22-12-13-25-18-6-4-3-5-7-18/h3-11,16H,12-15H2,1-2H3,(H,22,23). The van der Waals surface area contributed by atoms with E-state index in [2.05, 4.69) is 19.2 Å². The Kier molecular flexibility index (Phi) is 8.16. The third-order valence-electron chi connectivity index (χ3n) is 3.70. The molecule has 0 radical (unpaired) electrons. The number of ether oxygens (including phenoxy) is 3. The van der Waals surface area contributed by atoms with Crippen LogP contribution in [0.2, 0.25) is 0 Å². The zero-order chi connectivity index (χ0) is 19.5. The van der Waals surface area contributed by atoms with Crippen LogP contribution in [-0.4, -0.2) is 38.2 Å². The summed E-state index contributed by atoms with van der Waals surface area (Å²) in [7, 11) is 0. The maximum Gasteiger partial charge on any atom is 0.344 e. The highest BCUT2D eigenvalue weighted by Gasteiger charge is 2.08. The summed E-state index contributed by atoms with van der Waals surface area (Å²) >= 11 is 0. The van der Waals surface area contributed by atoms with Gasteiger partial charge in [-0.3, -0.25) is 4.79 Å². The number of benzene rings is 2. The molecule has 0 aliphatic rings. The molecule has 2 aromatic carbocycles. The van der Waals surface area contributed by atoms with Crippen LogP contribution in [0.3, 0.4) is 0 Å². The van der Waals surface area contributed by atoms with Crippen molar-refractivity contribution in [3.05, 3.63) is 60.2 Å². The van der Waals surface area contributed by atoms with E-state index < -0.39 is 5.97 Å². The van der Waals surface area contributed by atoms with Crippen molar-refractivity contribution in [2.24, 2.45) is 0 Å². The molecule has 0 atom stereocenters. The first-order valence-electron chi connectivity index (χ1n) is 8.87. The second kappa shape index (κ2) is 10.9. The molecule has 1 N–H and O–H groups in total. The Morgan fingerprint density at radius 2 is 1.56 bits per heavy atom. The normalized spacial score (nSPS) is 10.3. The van der Waals surface area contributed by atoms with Gasteiger partial charge in [-0.2, -0.15) is 0 Å². The van der Waals surface area contributed by atoms with Crippen molar-refractivity contribution in [3.63, 3.8) is 0 Å². The molecule has 0 heterocycles. The first-order valence-corrected chi connectivity index (χ1v) is 8.87. The van der Waals surface area contributed by atoms with Gasteiger partial charge in [0, 0.05) is 0 Å². The monoisotopic (exact) mass is 371 g/mol. The van der Waals surface area contributed by atoms with Gasteiger partial charge in [-0.15, -0.1) is 0 Å². The molecule has 0 saturated heterocycles. The first kappa shape index (κ1) is 20.3. The molecule has 6 nitrogen and oxygen atoms in total. The molecular weight excluding hydrogens is 346 g/mol. The van der Waals surface area contributed by atoms with Crippen LogP contribution in [0.4, 0.5) is 0 Å². The van der Waals surface area contributed by atoms with Gasteiger partial charge < -0.3 is 19.5 Å². The third kappa shape index (κ3) is 7.81. The van der Waals surface area contributed by atoms with Gasteiger partial charge in [-0.1, -0.05) is 44.2 Å². The van der Waals surface area contributed by atoms with Crippen molar-refractivity contribution in [3.8, 4) is 11.5 Å². The lowest BCUT2D eigenvalue weighted by Gasteiger charge is -2.10. The minimum absolute atomic E-state index is 0.245. The third-order valence-corrected chi connectivity index (χ3v) is 3.70. The van der Waals surface area contributed by atoms with E-state index in [1.54, 1.807) is 0 Å². The fraction of sp³-hybridized carbons (Fsp3) is 0.333. The second-order valence-corrected chi connectivity index (χ2v) is 6.18. The Labute approximate surface area is 159 Å². The maximum atomic E-state index is 11.7. The molecule has 0 bridgehead atoms. The molecule has 0 aromatic heterocycles. The average molecular weight is 371 g/mol. The molecule has 0 unspecified atom stereocenters. The Morgan fingerprint density at radius 3 is 2.22 bits per heavy atom. The lowest BCUT2D eigenvalue weighted by molar-refractivity contribution is -0.150. The molecule has 0 aliphatic heterocycles. The van der Waals surface area contributed by atoms with Gasteiger partial charge in [0.05, 0.1) is 6.54 Å². The fourth-order valence-electron chi connectivity index (χ4n) is 2.21. The second-order valence-electron chi connectivity index (χ2n) is 6.18. The summed E-state index contributed by atoms with van der Waals surface area (Å²) in [6, 6.07) is 16.8. The number of carbonyl (C=O) groups excluding carboxylic acids is 2. The lowest BCUT2D eigenvalue weighted by Crippen LogP contribution is -2.32. The van der Waals surface area contributed by atoms with Crippen LogP contribution in [0.1, 0.15) is 25.3 Å². The number of hydrogen-bond donors (Lipinski definition) is 1. The largest absolute Gasteiger partial charge is 0.492 e. The number of nitrogens with one attached hydrogen (secondary N) is 1. The van der Waals surface area contributed by atoms with Gasteiger partial charge >= 0.3 is 5.97 Å². The quantitative estimate of drug-likeness (QED) is 0.513. The molecule has 0 saturated carbocycles. The summed E-state index contributed by atoms with van der Waals surface area (Å²) in [6.45, 7) is 4.27. The van der Waals surface area contributed by atoms with Crippen LogP contribution in [0.15, 0.2) is 54.6 Å². The van der Waals surface area contributed by atoms with Crippen LogP contribution in [0, 0.1) is 0 Å². The number of carbonyl (C=O) groups is 2. The molecule has 2 aromatic rings. The van der Waals surface area contributed by atoms with E-state index >= 15 is 0 Å². The van der Waals surface area contributed by atoms with Gasteiger partial charge in [0.25, 0.3) is 5.91 Å². The number of esters is 1. The van der Waals surface area contributed by atoms with Crippen LogP contribution in [0.25, 0.3) is 0 Å². The number of rotatable bonds is 10. The van der Waals surface area contributed by atoms with Crippen molar-refractivity contribution in [1.82, 2.24) is 5.32 Å². The van der Waals surface area contributed by atoms with E-state index in [9.17, 15) is 9.59 Å². The van der Waals surface area contributed by atoms with E-state index in [1.807, 2.05) is 54.6 Å². The molecule has 0 aliphatic carbocycles. The number of hydrogen-bond acceptors (Lipinski definition) is 5. The van der Waals surface area contributed by atoms with Gasteiger partial charge in [0.2, 0.25) is 0 Å². The van der Waals surface area contributed by atoms with Crippen molar-refractivity contribution in [1.29, 1.82) is 0 Å². The molecule has 27 heavy (non-hydrogen) atoms. The predicted molar refractivity (Wildman–Crippen MR) is 102 cm³/mol. The van der Waals surface area contributed by atoms with E-state index in [0.29, 0.717) is 24.8 Å². The molecule has 6 heteroatoms. The minimum Gasteiger partial charge on any atom is -0.492 e. The van der Waals surface area contributed by atoms with Gasteiger partial charge in [0.1, 0.15) is 18.1 Å². The van der Waals surface area contributed by atoms with Crippen LogP contribution < -0.4 is 14.8 Å². The van der Waals surface area contributed by atoms with E-state index in [4.69, 9.17) is 14.2 Å². The first-order chi connectivity index (χ1) is 13.0. The summed E-state index contributed by atoms with van der Waals surface area (Å²) in [5, 5.41) is 2.62. The van der Waals surface area contributed by atoms with E-state index in [0.717, 1.165) is 5.75 Å². The highest BCUT2D eigenvalue weighted by atomic mass is 16.6. The van der Waals surface area contributed by atoms with E-state index in [-0.39, 0.29) is 19.1 Å². The predicted octanol–water partition coefficient (Wildman–Crippen LogP) is 2.93. The molecule has 1 amide bonds. The Bertz CT molecular complexity index is 713. The van der Waals surface area contributed by atoms with Crippen LogP contribution in [-0.2, 0) is 14.3 Å². The van der Waals surface area contributed by atoms with Crippen molar-refractivity contribution >= 4 is 11.9 Å². The van der Waals surface area contributed by atoms with Gasteiger partial charge in [-0.25, -0.2) is 4.79 Å². The smallest absolute Gasteiger partial charge is 0.344 e. The summed E-state index contributed by atoms with van der Waals surface area (Å²) in [4.78, 5) is 23.3. The van der Waals surface area contributed by atoms with Crippen LogP contribution >= 0.6 is 0 Å². The van der Waals surface area contributed by atoms with Crippen molar-refractivity contribution < 1.29 is 23.8 Å². The summed E-state index contributed by atoms with van der Waals surface area (Å²) in [5.41, 5.74) is 1.19. The minimum atomic E-state index is -0.598. The zero-order valence-corrected chi connectivity index (χ0v) is 15.6. The maximum absolute atomic E-state index is 11.7. The molecule has 2 rings (SSSR count). The lowest BCUT2D eigenvalue weighted by atomic mass is 10.0. The highest BCUT2D eigenvalue weighted by Crippen LogP contribution is 2.18. The topological polar surface area (TPSA) is 73.9 Å². The Morgan fingerprint density at radius 1 is 0.889 bits per heavy atom. The Hall–Kier alpha value is -3.02. The summed E-state index contributed by atoms with van der Waals surface area (Å²) in [6.07, 6.45) is 0. The average Bonchev–Trinajstić information content (AvgIpc) is 2.69. The fourth-order valence-corrected chi connectivity index (χ4v) is 2.21. The van der Waals surface area contributed by atoms with Crippen molar-refractivity contribution in [2.45, 2.75) is 19.8 Å². The SMILES string of the molecule is CC(C)c1ccc(OCC(=O)OCC(=O)NCCOc2ccccc2)cc1. The highest BCUT2D eigenvalue weighted by molar-refractivity contribution is 5.80. The molecule has 0 spiro atoms. The Balaban J connectivity index is 1.57. The zero-order valence-electron chi connectivity index (χ0n) is 15.6. The molecule has 0 fully saturated rings. The summed E-state index contributed by atoms with van der Waals surface area (Å²) in [5.74, 6) is 0.760. The van der Waals surface area contributed by atoms with Gasteiger partial charge in [-0.05, 0) is 35.7 Å².